The number of methoxy groups -OCH3 is 1. The summed E-state index contributed by atoms with van der Waals surface area (Å²) >= 11 is 1.24. The molecule has 0 amide bonds. The summed E-state index contributed by atoms with van der Waals surface area (Å²) in [5, 5.41) is 10.2. The Kier molecular flexibility index (Phi) is 7.67. The molecule has 2 atom stereocenters. The van der Waals surface area contributed by atoms with Gasteiger partial charge in [0.1, 0.15) is 28.5 Å². The van der Waals surface area contributed by atoms with Crippen LogP contribution in [0, 0.1) is 6.92 Å². The van der Waals surface area contributed by atoms with Crippen LogP contribution in [0.1, 0.15) is 49.7 Å². The lowest BCUT2D eigenvalue weighted by atomic mass is 10.0. The van der Waals surface area contributed by atoms with E-state index in [-0.39, 0.29) is 17.8 Å². The minimum atomic E-state index is -1.85. The van der Waals surface area contributed by atoms with Gasteiger partial charge in [-0.25, -0.2) is 19.1 Å². The number of nitrogens with zero attached hydrogens (tertiary/aromatic N) is 3. The lowest BCUT2D eigenvalue weighted by Gasteiger charge is -2.30. The monoisotopic (exact) mass is 569 g/mol. The maximum atomic E-state index is 14.1. The Balaban J connectivity index is 1.77. The number of benzene rings is 1. The van der Waals surface area contributed by atoms with Crippen LogP contribution in [0.3, 0.4) is 0 Å². The van der Waals surface area contributed by atoms with Crippen molar-refractivity contribution in [1.29, 1.82) is 0 Å². The van der Waals surface area contributed by atoms with Gasteiger partial charge < -0.3 is 23.7 Å². The highest BCUT2D eigenvalue weighted by Crippen LogP contribution is 2.37. The highest BCUT2D eigenvalue weighted by molar-refractivity contribution is 7.19. The highest BCUT2D eigenvalue weighted by Gasteiger charge is 2.37. The number of oxazole rings is 1. The minimum Gasteiger partial charge on any atom is -0.496 e. The van der Waals surface area contributed by atoms with E-state index in [0.717, 1.165) is 17.4 Å². The van der Waals surface area contributed by atoms with Gasteiger partial charge in [0, 0.05) is 17.0 Å². The van der Waals surface area contributed by atoms with E-state index in [4.69, 9.17) is 18.6 Å². The molecule has 4 heterocycles. The van der Waals surface area contributed by atoms with Crippen LogP contribution < -0.4 is 16.0 Å². The molecule has 3 aromatic heterocycles. The van der Waals surface area contributed by atoms with Crippen molar-refractivity contribution in [3.8, 4) is 17.2 Å². The molecule has 212 valence electrons. The fourth-order valence-corrected chi connectivity index (χ4v) is 6.13. The van der Waals surface area contributed by atoms with Gasteiger partial charge in [-0.1, -0.05) is 18.2 Å². The van der Waals surface area contributed by atoms with Crippen LogP contribution in [0.25, 0.3) is 21.7 Å². The van der Waals surface area contributed by atoms with E-state index in [2.05, 4.69) is 4.98 Å². The Bertz CT molecular complexity index is 1640. The Morgan fingerprint density at radius 2 is 2.05 bits per heavy atom. The van der Waals surface area contributed by atoms with Gasteiger partial charge in [-0.2, -0.15) is 0 Å². The van der Waals surface area contributed by atoms with Crippen molar-refractivity contribution in [1.82, 2.24) is 14.1 Å². The third kappa shape index (κ3) is 4.87. The molecule has 0 radical (unpaired) electrons. The molecule has 5 rings (SSSR count). The van der Waals surface area contributed by atoms with Crippen LogP contribution in [0.15, 0.2) is 50.7 Å². The van der Waals surface area contributed by atoms with Gasteiger partial charge in [-0.15, -0.1) is 11.3 Å². The number of carboxylic acid groups (broad SMARTS) is 1. The van der Waals surface area contributed by atoms with Gasteiger partial charge in [-0.3, -0.25) is 9.36 Å². The van der Waals surface area contributed by atoms with Crippen molar-refractivity contribution >= 4 is 27.5 Å². The summed E-state index contributed by atoms with van der Waals surface area (Å²) in [5.74, 6) is -0.552. The van der Waals surface area contributed by atoms with E-state index in [1.807, 2.05) is 18.2 Å². The molecule has 0 saturated carbocycles. The van der Waals surface area contributed by atoms with E-state index in [0.29, 0.717) is 39.6 Å². The number of hydrogen-bond acceptors (Lipinski definition) is 9. The van der Waals surface area contributed by atoms with Gasteiger partial charge in [-0.05, 0) is 46.1 Å². The summed E-state index contributed by atoms with van der Waals surface area (Å²) in [6.07, 6.45) is 4.21. The SMILES string of the molecule is COc1ccccc1C(Cn1c(=O)n(C(C)(C)C(=O)O)c(=O)c2c(-c3ncco3)c(C)sc21)OC1CCCCO1. The third-order valence-electron chi connectivity index (χ3n) is 7.17. The van der Waals surface area contributed by atoms with E-state index in [1.54, 1.807) is 20.1 Å². The highest BCUT2D eigenvalue weighted by atomic mass is 32.1. The van der Waals surface area contributed by atoms with Crippen LogP contribution in [0.4, 0.5) is 0 Å². The predicted octanol–water partition coefficient (Wildman–Crippen LogP) is 4.30. The number of hydrogen-bond donors (Lipinski definition) is 1. The van der Waals surface area contributed by atoms with Crippen LogP contribution in [-0.4, -0.2) is 45.2 Å². The Labute approximate surface area is 233 Å². The van der Waals surface area contributed by atoms with E-state index >= 15 is 0 Å². The average Bonchev–Trinajstić information content (AvgIpc) is 3.58. The summed E-state index contributed by atoms with van der Waals surface area (Å²) < 4.78 is 25.6. The normalized spacial score (nSPS) is 16.8. The summed E-state index contributed by atoms with van der Waals surface area (Å²) in [7, 11) is 1.55. The van der Waals surface area contributed by atoms with Crippen molar-refractivity contribution in [3.63, 3.8) is 0 Å². The minimum absolute atomic E-state index is 0.0312. The standard InChI is InChI=1S/C28H31N3O8S/c1-16-21(23-29-12-14-38-23)22-24(32)31(28(2,3)26(33)34)27(35)30(25(22)40-16)15-19(39-20-11-7-8-13-37-20)17-9-5-6-10-18(17)36-4/h5-6,9-10,12,14,19-20H,7-8,11,13,15H2,1-4H3,(H,33,34). The molecule has 0 spiro atoms. The largest absolute Gasteiger partial charge is 0.496 e. The topological polar surface area (TPSA) is 135 Å². The molecule has 1 N–H and O–H groups in total. The number of para-hydroxylation sites is 1. The first-order valence-electron chi connectivity index (χ1n) is 13.0. The summed E-state index contributed by atoms with van der Waals surface area (Å²) in [4.78, 5) is 45.6. The molecule has 2 unspecified atom stereocenters. The molecule has 40 heavy (non-hydrogen) atoms. The average molecular weight is 570 g/mol. The Morgan fingerprint density at radius 1 is 1.27 bits per heavy atom. The lowest BCUT2D eigenvalue weighted by molar-refractivity contribution is -0.192. The second kappa shape index (κ2) is 11.0. The molecule has 11 nitrogen and oxygen atoms in total. The number of aromatic nitrogens is 3. The van der Waals surface area contributed by atoms with Gasteiger partial charge in [0.15, 0.2) is 6.29 Å². The van der Waals surface area contributed by atoms with Crippen molar-refractivity contribution < 1.29 is 28.5 Å². The van der Waals surface area contributed by atoms with Gasteiger partial charge in [0.2, 0.25) is 5.89 Å². The van der Waals surface area contributed by atoms with Crippen molar-refractivity contribution in [2.24, 2.45) is 0 Å². The molecular weight excluding hydrogens is 538 g/mol. The molecule has 1 aliphatic heterocycles. The molecule has 1 fully saturated rings. The van der Waals surface area contributed by atoms with Gasteiger partial charge >= 0.3 is 11.7 Å². The Morgan fingerprint density at radius 3 is 2.70 bits per heavy atom. The van der Waals surface area contributed by atoms with E-state index in [9.17, 15) is 19.5 Å². The van der Waals surface area contributed by atoms with Crippen molar-refractivity contribution in [2.75, 3.05) is 13.7 Å². The molecule has 1 aliphatic rings. The summed E-state index contributed by atoms with van der Waals surface area (Å²) in [6, 6.07) is 7.33. The fraction of sp³-hybridized carbons (Fsp3) is 0.429. The maximum absolute atomic E-state index is 14.1. The number of carbonyl (C=O) groups is 1. The molecule has 0 bridgehead atoms. The molecular formula is C28H31N3O8S. The number of ether oxygens (including phenoxy) is 3. The van der Waals surface area contributed by atoms with Crippen LogP contribution >= 0.6 is 11.3 Å². The molecule has 1 saturated heterocycles. The summed E-state index contributed by atoms with van der Waals surface area (Å²) in [6.45, 7) is 4.98. The van der Waals surface area contributed by atoms with E-state index < -0.39 is 35.2 Å². The zero-order valence-electron chi connectivity index (χ0n) is 22.7. The zero-order valence-corrected chi connectivity index (χ0v) is 23.5. The second-order valence-corrected chi connectivity index (χ2v) is 11.3. The van der Waals surface area contributed by atoms with Crippen molar-refractivity contribution in [2.45, 2.75) is 64.5 Å². The summed E-state index contributed by atoms with van der Waals surface area (Å²) in [5.41, 5.74) is -2.23. The first-order chi connectivity index (χ1) is 19.1. The Hall–Kier alpha value is -3.74. The number of rotatable bonds is 9. The fourth-order valence-electron chi connectivity index (χ4n) is 4.99. The first-order valence-corrected chi connectivity index (χ1v) is 13.8. The van der Waals surface area contributed by atoms with Gasteiger partial charge in [0.25, 0.3) is 5.56 Å². The van der Waals surface area contributed by atoms with Crippen LogP contribution in [0.5, 0.6) is 5.75 Å². The van der Waals surface area contributed by atoms with Crippen LogP contribution in [0.2, 0.25) is 0 Å². The van der Waals surface area contributed by atoms with E-state index in [1.165, 1.54) is 42.2 Å². The quantitative estimate of drug-likeness (QED) is 0.313. The number of aliphatic carboxylic acids is 1. The zero-order chi connectivity index (χ0) is 28.6. The van der Waals surface area contributed by atoms with Crippen molar-refractivity contribution in [3.05, 3.63) is 68.0 Å². The van der Waals surface area contributed by atoms with Crippen LogP contribution in [-0.2, 0) is 26.4 Å². The maximum Gasteiger partial charge on any atom is 0.333 e. The smallest absolute Gasteiger partial charge is 0.333 e. The lowest BCUT2D eigenvalue weighted by Crippen LogP contribution is -2.52. The molecule has 0 aliphatic carbocycles. The number of thiophene rings is 1. The number of aryl methyl sites for hydroxylation is 1. The second-order valence-electron chi connectivity index (χ2n) is 10.1. The number of fused-ring (bicyclic) bond motifs is 1. The third-order valence-corrected chi connectivity index (χ3v) is 8.29. The van der Waals surface area contributed by atoms with Gasteiger partial charge in [0.05, 0.1) is 30.8 Å². The molecule has 1 aromatic carbocycles. The molecule has 4 aromatic rings. The predicted molar refractivity (Wildman–Crippen MR) is 148 cm³/mol. The number of carboxylic acids is 1. The molecule has 12 heteroatoms. The first kappa shape index (κ1) is 27.8.